The van der Waals surface area contributed by atoms with Crippen molar-refractivity contribution < 1.29 is 4.79 Å². The zero-order valence-electron chi connectivity index (χ0n) is 10.5. The van der Waals surface area contributed by atoms with Crippen LogP contribution in [0.4, 0.5) is 10.5 Å². The Kier molecular flexibility index (Phi) is 5.47. The first-order valence-electron chi connectivity index (χ1n) is 5.78. The van der Waals surface area contributed by atoms with Gasteiger partial charge in [-0.15, -0.1) is 0 Å². The highest BCUT2D eigenvalue weighted by Crippen LogP contribution is 2.14. The van der Waals surface area contributed by atoms with Crippen LogP contribution in [0.15, 0.2) is 24.3 Å². The minimum absolute atomic E-state index is 0.180. The van der Waals surface area contributed by atoms with Gasteiger partial charge in [0.2, 0.25) is 0 Å². The summed E-state index contributed by atoms with van der Waals surface area (Å²) in [6.07, 6.45) is 0. The van der Waals surface area contributed by atoms with Crippen molar-refractivity contribution in [2.45, 2.75) is 13.8 Å². The van der Waals surface area contributed by atoms with E-state index in [0.717, 1.165) is 0 Å². The van der Waals surface area contributed by atoms with Crippen LogP contribution in [0.5, 0.6) is 0 Å². The number of anilines is 1. The van der Waals surface area contributed by atoms with Gasteiger partial charge in [0.25, 0.3) is 0 Å². The molecule has 0 fully saturated rings. The van der Waals surface area contributed by atoms with Crippen molar-refractivity contribution in [1.29, 1.82) is 5.26 Å². The molecule has 96 valence electrons. The number of rotatable bonds is 4. The van der Waals surface area contributed by atoms with Gasteiger partial charge in [-0.25, -0.2) is 4.79 Å². The smallest absolute Gasteiger partial charge is 0.321 e. The second kappa shape index (κ2) is 6.87. The van der Waals surface area contributed by atoms with Gasteiger partial charge in [0.05, 0.1) is 12.0 Å². The Bertz CT molecular complexity index is 439. The van der Waals surface area contributed by atoms with Crippen molar-refractivity contribution >= 4 is 23.3 Å². The molecule has 4 nitrogen and oxygen atoms in total. The number of carbonyl (C=O) groups excluding carboxylic acids is 1. The molecule has 0 spiro atoms. The molecule has 18 heavy (non-hydrogen) atoms. The van der Waals surface area contributed by atoms with Crippen LogP contribution >= 0.6 is 11.6 Å². The third-order valence-corrected chi connectivity index (χ3v) is 2.73. The van der Waals surface area contributed by atoms with Crippen LogP contribution in [0.2, 0.25) is 5.02 Å². The number of urea groups is 1. The second-order valence-corrected chi connectivity index (χ2v) is 4.44. The Hall–Kier alpha value is -1.73. The monoisotopic (exact) mass is 265 g/mol. The summed E-state index contributed by atoms with van der Waals surface area (Å²) in [6, 6.07) is 8.81. The third kappa shape index (κ3) is 4.27. The Morgan fingerprint density at radius 1 is 1.50 bits per heavy atom. The van der Waals surface area contributed by atoms with Crippen molar-refractivity contribution in [3.8, 4) is 6.07 Å². The zero-order valence-corrected chi connectivity index (χ0v) is 11.2. The fourth-order valence-corrected chi connectivity index (χ4v) is 1.59. The van der Waals surface area contributed by atoms with Gasteiger partial charge >= 0.3 is 6.03 Å². The van der Waals surface area contributed by atoms with Gasteiger partial charge in [-0.05, 0) is 38.1 Å². The number of nitrogens with zero attached hydrogens (tertiary/aromatic N) is 2. The molecule has 5 heteroatoms. The summed E-state index contributed by atoms with van der Waals surface area (Å²) in [5.41, 5.74) is 0.687. The Morgan fingerprint density at radius 3 is 2.61 bits per heavy atom. The lowest BCUT2D eigenvalue weighted by molar-refractivity contribution is 0.210. The van der Waals surface area contributed by atoms with Gasteiger partial charge in [0.15, 0.2) is 0 Å². The van der Waals surface area contributed by atoms with Crippen LogP contribution < -0.4 is 5.32 Å². The average Bonchev–Trinajstić information content (AvgIpc) is 2.38. The minimum atomic E-state index is -0.207. The number of carbonyl (C=O) groups is 1. The maximum Gasteiger partial charge on any atom is 0.321 e. The molecule has 0 aliphatic carbocycles. The quantitative estimate of drug-likeness (QED) is 0.908. The van der Waals surface area contributed by atoms with Crippen LogP contribution in [0.25, 0.3) is 0 Å². The van der Waals surface area contributed by atoms with E-state index in [9.17, 15) is 4.79 Å². The molecule has 0 aromatic heterocycles. The molecule has 1 aromatic carbocycles. The van der Waals surface area contributed by atoms with Crippen molar-refractivity contribution in [3.63, 3.8) is 0 Å². The molecule has 0 saturated heterocycles. The minimum Gasteiger partial charge on any atom is -0.324 e. The van der Waals surface area contributed by atoms with E-state index in [2.05, 4.69) is 11.4 Å². The number of amides is 2. The molecule has 0 aliphatic heterocycles. The van der Waals surface area contributed by atoms with E-state index in [1.165, 1.54) is 0 Å². The molecule has 1 atom stereocenters. The molecule has 2 amide bonds. The maximum absolute atomic E-state index is 12.0. The van der Waals surface area contributed by atoms with Crippen LogP contribution in [0, 0.1) is 17.2 Å². The summed E-state index contributed by atoms with van der Waals surface area (Å²) in [5.74, 6) is -0.180. The van der Waals surface area contributed by atoms with E-state index < -0.39 is 0 Å². The number of nitriles is 1. The topological polar surface area (TPSA) is 56.1 Å². The SMILES string of the molecule is CCN(CC(C)C#N)C(=O)Nc1ccc(Cl)cc1. The highest BCUT2D eigenvalue weighted by Gasteiger charge is 2.14. The molecular weight excluding hydrogens is 250 g/mol. The lowest BCUT2D eigenvalue weighted by Gasteiger charge is -2.22. The van der Waals surface area contributed by atoms with Gasteiger partial charge in [0, 0.05) is 23.8 Å². The Labute approximate surface area is 112 Å². The normalized spacial score (nSPS) is 11.4. The van der Waals surface area contributed by atoms with Crippen molar-refractivity contribution in [1.82, 2.24) is 4.90 Å². The molecule has 1 unspecified atom stereocenters. The van der Waals surface area contributed by atoms with Gasteiger partial charge in [0.1, 0.15) is 0 Å². The van der Waals surface area contributed by atoms with Crippen molar-refractivity contribution in [2.24, 2.45) is 5.92 Å². The molecular formula is C13H16ClN3O. The highest BCUT2D eigenvalue weighted by atomic mass is 35.5. The summed E-state index contributed by atoms with van der Waals surface area (Å²) < 4.78 is 0. The number of nitrogens with one attached hydrogen (secondary N) is 1. The van der Waals surface area contributed by atoms with E-state index in [1.807, 2.05) is 6.92 Å². The largest absolute Gasteiger partial charge is 0.324 e. The third-order valence-electron chi connectivity index (χ3n) is 2.48. The summed E-state index contributed by atoms with van der Waals surface area (Å²) >= 11 is 5.77. The van der Waals surface area contributed by atoms with E-state index >= 15 is 0 Å². The maximum atomic E-state index is 12.0. The molecule has 0 radical (unpaired) electrons. The predicted octanol–water partition coefficient (Wildman–Crippen LogP) is 3.35. The lowest BCUT2D eigenvalue weighted by atomic mass is 10.2. The molecule has 0 bridgehead atoms. The van der Waals surface area contributed by atoms with Crippen LogP contribution in [-0.4, -0.2) is 24.0 Å². The van der Waals surface area contributed by atoms with Gasteiger partial charge < -0.3 is 10.2 Å². The summed E-state index contributed by atoms with van der Waals surface area (Å²) in [6.45, 7) is 4.65. The molecule has 1 rings (SSSR count). The fraction of sp³-hybridized carbons (Fsp3) is 0.385. The predicted molar refractivity (Wildman–Crippen MR) is 72.5 cm³/mol. The highest BCUT2D eigenvalue weighted by molar-refractivity contribution is 6.30. The second-order valence-electron chi connectivity index (χ2n) is 4.01. The molecule has 0 aliphatic rings. The summed E-state index contributed by atoms with van der Waals surface area (Å²) in [4.78, 5) is 13.6. The lowest BCUT2D eigenvalue weighted by Crippen LogP contribution is -2.37. The number of benzene rings is 1. The average molecular weight is 266 g/mol. The zero-order chi connectivity index (χ0) is 13.5. The standard InChI is InChI=1S/C13H16ClN3O/c1-3-17(9-10(2)8-15)13(18)16-12-6-4-11(14)5-7-12/h4-7,10H,3,9H2,1-2H3,(H,16,18). The summed E-state index contributed by atoms with van der Waals surface area (Å²) in [7, 11) is 0. The van der Waals surface area contributed by atoms with Gasteiger partial charge in [-0.3, -0.25) is 0 Å². The van der Waals surface area contributed by atoms with Gasteiger partial charge in [-0.1, -0.05) is 11.6 Å². The molecule has 1 N–H and O–H groups in total. The van der Waals surface area contributed by atoms with Crippen molar-refractivity contribution in [2.75, 3.05) is 18.4 Å². The van der Waals surface area contributed by atoms with Crippen LogP contribution in [-0.2, 0) is 0 Å². The Balaban J connectivity index is 2.62. The number of halogens is 1. The van der Waals surface area contributed by atoms with E-state index in [-0.39, 0.29) is 11.9 Å². The number of hydrogen-bond donors (Lipinski definition) is 1. The molecule has 1 aromatic rings. The van der Waals surface area contributed by atoms with Crippen LogP contribution in [0.1, 0.15) is 13.8 Å². The number of hydrogen-bond acceptors (Lipinski definition) is 2. The van der Waals surface area contributed by atoms with E-state index in [4.69, 9.17) is 16.9 Å². The first-order chi connectivity index (χ1) is 8.56. The summed E-state index contributed by atoms with van der Waals surface area (Å²) in [5, 5.41) is 12.2. The Morgan fingerprint density at radius 2 is 2.11 bits per heavy atom. The molecule has 0 saturated carbocycles. The van der Waals surface area contributed by atoms with E-state index in [0.29, 0.717) is 23.8 Å². The van der Waals surface area contributed by atoms with E-state index in [1.54, 1.807) is 36.1 Å². The first kappa shape index (κ1) is 14.3. The first-order valence-corrected chi connectivity index (χ1v) is 6.15. The fourth-order valence-electron chi connectivity index (χ4n) is 1.46. The molecule has 0 heterocycles. The van der Waals surface area contributed by atoms with Crippen LogP contribution in [0.3, 0.4) is 0 Å². The van der Waals surface area contributed by atoms with Gasteiger partial charge in [-0.2, -0.15) is 5.26 Å². The van der Waals surface area contributed by atoms with Crippen molar-refractivity contribution in [3.05, 3.63) is 29.3 Å².